The van der Waals surface area contributed by atoms with Gasteiger partial charge >= 0.3 is 0 Å². The minimum absolute atomic E-state index is 0.602. The van der Waals surface area contributed by atoms with E-state index in [4.69, 9.17) is 11.6 Å². The van der Waals surface area contributed by atoms with Crippen LogP contribution in [0.1, 0.15) is 19.4 Å². The maximum Gasteiger partial charge on any atom is 0.132 e. The van der Waals surface area contributed by atoms with Gasteiger partial charge in [0.05, 0.1) is 5.52 Å². The van der Waals surface area contributed by atoms with Crippen LogP contribution in [0.3, 0.4) is 0 Å². The lowest BCUT2D eigenvalue weighted by molar-refractivity contribution is 0.646. The number of nitrogens with zero attached hydrogens (tertiary/aromatic N) is 1. The number of hydrogen-bond donors (Lipinski definition) is 0. The molecule has 0 bridgehead atoms. The second kappa shape index (κ2) is 4.19. The van der Waals surface area contributed by atoms with Gasteiger partial charge in [-0.15, -0.1) is 0 Å². The van der Waals surface area contributed by atoms with Crippen molar-refractivity contribution in [2.45, 2.75) is 20.3 Å². The fourth-order valence-corrected chi connectivity index (χ4v) is 1.94. The molecule has 0 aliphatic heterocycles. The smallest absolute Gasteiger partial charge is 0.132 e. The Labute approximate surface area is 95.1 Å². The van der Waals surface area contributed by atoms with E-state index in [9.17, 15) is 0 Å². The summed E-state index contributed by atoms with van der Waals surface area (Å²) >= 11 is 6.14. The molecule has 1 nitrogen and oxygen atoms in total. The van der Waals surface area contributed by atoms with E-state index in [1.807, 2.05) is 18.2 Å². The lowest BCUT2D eigenvalue weighted by atomic mass is 10.0. The quantitative estimate of drug-likeness (QED) is 0.694. The summed E-state index contributed by atoms with van der Waals surface area (Å²) in [6.07, 6.45) is 0.983. The summed E-state index contributed by atoms with van der Waals surface area (Å²) in [6, 6.07) is 10.2. The van der Waals surface area contributed by atoms with Crippen molar-refractivity contribution in [1.29, 1.82) is 0 Å². The highest BCUT2D eigenvalue weighted by molar-refractivity contribution is 6.30. The van der Waals surface area contributed by atoms with Crippen LogP contribution in [0.2, 0.25) is 5.15 Å². The lowest BCUT2D eigenvalue weighted by Crippen LogP contribution is -1.96. The first-order valence-electron chi connectivity index (χ1n) is 5.21. The van der Waals surface area contributed by atoms with Crippen molar-refractivity contribution in [1.82, 2.24) is 4.98 Å². The number of halogens is 1. The van der Waals surface area contributed by atoms with Gasteiger partial charge in [0.1, 0.15) is 5.15 Å². The van der Waals surface area contributed by atoms with Crippen molar-refractivity contribution in [2.75, 3.05) is 0 Å². The van der Waals surface area contributed by atoms with E-state index in [1.165, 1.54) is 0 Å². The molecule has 0 saturated carbocycles. The first kappa shape index (κ1) is 10.4. The lowest BCUT2D eigenvalue weighted by Gasteiger charge is -2.08. The maximum atomic E-state index is 6.14. The van der Waals surface area contributed by atoms with Crippen LogP contribution in [-0.2, 0) is 6.42 Å². The molecule has 78 valence electrons. The Hall–Kier alpha value is -1.08. The first-order chi connectivity index (χ1) is 7.16. The fourth-order valence-electron chi connectivity index (χ4n) is 1.72. The number of fused-ring (bicyclic) bond motifs is 1. The van der Waals surface area contributed by atoms with E-state index >= 15 is 0 Å². The minimum atomic E-state index is 0.602. The zero-order valence-corrected chi connectivity index (χ0v) is 9.75. The minimum Gasteiger partial charge on any atom is -0.236 e. The van der Waals surface area contributed by atoms with E-state index < -0.39 is 0 Å². The van der Waals surface area contributed by atoms with Gasteiger partial charge in [-0.1, -0.05) is 43.6 Å². The molecule has 2 rings (SSSR count). The number of benzene rings is 1. The van der Waals surface area contributed by atoms with Crippen molar-refractivity contribution in [3.63, 3.8) is 0 Å². The van der Waals surface area contributed by atoms with Gasteiger partial charge in [0.2, 0.25) is 0 Å². The van der Waals surface area contributed by atoms with Crippen molar-refractivity contribution in [3.05, 3.63) is 41.0 Å². The summed E-state index contributed by atoms with van der Waals surface area (Å²) in [4.78, 5) is 4.39. The highest BCUT2D eigenvalue weighted by atomic mass is 35.5. The normalized spacial score (nSPS) is 11.2. The number of aromatic nitrogens is 1. The van der Waals surface area contributed by atoms with Gasteiger partial charge in [-0.3, -0.25) is 0 Å². The molecule has 0 unspecified atom stereocenters. The highest BCUT2D eigenvalue weighted by Gasteiger charge is 2.06. The van der Waals surface area contributed by atoms with Crippen LogP contribution in [0.15, 0.2) is 30.3 Å². The zero-order chi connectivity index (χ0) is 10.8. The molecular formula is C13H14ClN. The molecule has 0 spiro atoms. The highest BCUT2D eigenvalue weighted by Crippen LogP contribution is 2.22. The van der Waals surface area contributed by atoms with Crippen LogP contribution in [0.25, 0.3) is 10.9 Å². The van der Waals surface area contributed by atoms with Crippen molar-refractivity contribution in [2.24, 2.45) is 5.92 Å². The van der Waals surface area contributed by atoms with E-state index in [2.05, 4.69) is 31.0 Å². The molecule has 2 aromatic rings. The zero-order valence-electron chi connectivity index (χ0n) is 9.00. The Bertz CT molecular complexity index is 477. The van der Waals surface area contributed by atoms with Crippen LogP contribution in [-0.4, -0.2) is 4.98 Å². The van der Waals surface area contributed by atoms with Crippen molar-refractivity contribution < 1.29 is 0 Å². The molecule has 15 heavy (non-hydrogen) atoms. The monoisotopic (exact) mass is 219 g/mol. The molecule has 1 heterocycles. The molecule has 0 aliphatic carbocycles. The van der Waals surface area contributed by atoms with Gasteiger partial charge in [-0.05, 0) is 30.0 Å². The van der Waals surface area contributed by atoms with Gasteiger partial charge in [0, 0.05) is 5.39 Å². The summed E-state index contributed by atoms with van der Waals surface area (Å²) in [5.41, 5.74) is 2.11. The van der Waals surface area contributed by atoms with Gasteiger partial charge in [0.25, 0.3) is 0 Å². The molecule has 0 radical (unpaired) electrons. The van der Waals surface area contributed by atoms with E-state index in [1.54, 1.807) is 0 Å². The van der Waals surface area contributed by atoms with Gasteiger partial charge in [-0.2, -0.15) is 0 Å². The van der Waals surface area contributed by atoms with Crippen LogP contribution in [0.5, 0.6) is 0 Å². The predicted octanol–water partition coefficient (Wildman–Crippen LogP) is 4.09. The Kier molecular flexibility index (Phi) is 2.92. The number of para-hydroxylation sites is 1. The Balaban J connectivity index is 2.52. The van der Waals surface area contributed by atoms with Crippen LogP contribution in [0.4, 0.5) is 0 Å². The molecular weight excluding hydrogens is 206 g/mol. The molecule has 0 atom stereocenters. The molecule has 1 aromatic heterocycles. The largest absolute Gasteiger partial charge is 0.236 e. The average Bonchev–Trinajstić information content (AvgIpc) is 2.18. The Morgan fingerprint density at radius 2 is 2.00 bits per heavy atom. The average molecular weight is 220 g/mol. The maximum absolute atomic E-state index is 6.14. The molecule has 1 aromatic carbocycles. The fraction of sp³-hybridized carbons (Fsp3) is 0.308. The predicted molar refractivity (Wildman–Crippen MR) is 65.3 cm³/mol. The molecule has 0 amide bonds. The summed E-state index contributed by atoms with van der Waals surface area (Å²) in [7, 11) is 0. The second-order valence-electron chi connectivity index (χ2n) is 4.23. The number of hydrogen-bond acceptors (Lipinski definition) is 1. The molecule has 0 saturated heterocycles. The molecule has 2 heteroatoms. The van der Waals surface area contributed by atoms with E-state index in [0.29, 0.717) is 11.1 Å². The number of rotatable bonds is 2. The second-order valence-corrected chi connectivity index (χ2v) is 4.59. The van der Waals surface area contributed by atoms with E-state index in [-0.39, 0.29) is 0 Å². The van der Waals surface area contributed by atoms with Gasteiger partial charge < -0.3 is 0 Å². The Morgan fingerprint density at radius 3 is 2.73 bits per heavy atom. The van der Waals surface area contributed by atoms with Gasteiger partial charge in [0.15, 0.2) is 0 Å². The van der Waals surface area contributed by atoms with Gasteiger partial charge in [-0.25, -0.2) is 4.98 Å². The topological polar surface area (TPSA) is 12.9 Å². The summed E-state index contributed by atoms with van der Waals surface area (Å²) in [5.74, 6) is 0.602. The molecule has 0 N–H and O–H groups in total. The molecule has 0 fully saturated rings. The standard InChI is InChI=1S/C13H14ClN/c1-9(2)7-11-8-10-5-3-4-6-12(10)15-13(11)14/h3-6,8-9H,7H2,1-2H3. The SMILES string of the molecule is CC(C)Cc1cc2ccccc2nc1Cl. The summed E-state index contributed by atoms with van der Waals surface area (Å²) < 4.78 is 0. The number of pyridine rings is 1. The third-order valence-corrected chi connectivity index (χ3v) is 2.71. The van der Waals surface area contributed by atoms with E-state index in [0.717, 1.165) is 22.9 Å². The summed E-state index contributed by atoms with van der Waals surface area (Å²) in [6.45, 7) is 4.37. The van der Waals surface area contributed by atoms with Crippen LogP contribution < -0.4 is 0 Å². The van der Waals surface area contributed by atoms with Crippen molar-refractivity contribution in [3.8, 4) is 0 Å². The molecule has 0 aliphatic rings. The Morgan fingerprint density at radius 1 is 1.27 bits per heavy atom. The van der Waals surface area contributed by atoms with Crippen molar-refractivity contribution >= 4 is 22.5 Å². The third-order valence-electron chi connectivity index (χ3n) is 2.38. The van der Waals surface area contributed by atoms with Crippen LogP contribution in [0, 0.1) is 5.92 Å². The summed E-state index contributed by atoms with van der Waals surface area (Å²) in [5, 5.41) is 1.81. The third kappa shape index (κ3) is 2.29. The van der Waals surface area contributed by atoms with Crippen LogP contribution >= 0.6 is 11.6 Å². The first-order valence-corrected chi connectivity index (χ1v) is 5.59.